The number of benzene rings is 1. The van der Waals surface area contributed by atoms with Crippen LogP contribution in [0.25, 0.3) is 0 Å². The van der Waals surface area contributed by atoms with Gasteiger partial charge in [-0.1, -0.05) is 44.2 Å². The maximum atomic E-state index is 13.2. The summed E-state index contributed by atoms with van der Waals surface area (Å²) in [6, 6.07) is 6.84. The molecule has 1 aromatic carbocycles. The average molecular weight is 560 g/mol. The van der Waals surface area contributed by atoms with Gasteiger partial charge in [0, 0.05) is 45.3 Å². The number of rotatable bonds is 19. The van der Waals surface area contributed by atoms with E-state index in [9.17, 15) is 28.8 Å². The summed E-state index contributed by atoms with van der Waals surface area (Å²) < 4.78 is 9.93. The Morgan fingerprint density at radius 1 is 0.850 bits per heavy atom. The molecule has 1 aliphatic rings. The molecule has 220 valence electrons. The highest BCUT2D eigenvalue weighted by Crippen LogP contribution is 2.18. The molecule has 1 fully saturated rings. The molecule has 0 radical (unpaired) electrons. The smallest absolute Gasteiger partial charge is 0.407 e. The van der Waals surface area contributed by atoms with Gasteiger partial charge in [0.25, 0.3) is 5.91 Å². The quantitative estimate of drug-likeness (QED) is 0.217. The van der Waals surface area contributed by atoms with Crippen molar-refractivity contribution in [2.45, 2.75) is 83.3 Å². The molecule has 2 rings (SSSR count). The Kier molecular flexibility index (Phi) is 14.0. The van der Waals surface area contributed by atoms with Crippen molar-refractivity contribution in [3.63, 3.8) is 0 Å². The number of hydrogen-bond acceptors (Lipinski definition) is 8. The monoisotopic (exact) mass is 559 g/mol. The number of carbonyl (C=O) groups excluding carboxylic acids is 6. The third-order valence-corrected chi connectivity index (χ3v) is 6.25. The lowest BCUT2D eigenvalue weighted by Crippen LogP contribution is -2.55. The van der Waals surface area contributed by atoms with Crippen molar-refractivity contribution in [1.82, 2.24) is 16.0 Å². The highest BCUT2D eigenvalue weighted by Gasteiger charge is 2.33. The van der Waals surface area contributed by atoms with E-state index in [0.29, 0.717) is 6.61 Å². The molecule has 0 aromatic heterocycles. The first kappa shape index (κ1) is 32.6. The van der Waals surface area contributed by atoms with Crippen LogP contribution in [0.15, 0.2) is 30.3 Å². The topological polar surface area (TPSA) is 157 Å². The van der Waals surface area contributed by atoms with E-state index in [4.69, 9.17) is 9.47 Å². The molecule has 0 saturated heterocycles. The summed E-state index contributed by atoms with van der Waals surface area (Å²) >= 11 is 0. The maximum Gasteiger partial charge on any atom is 0.407 e. The Hall–Kier alpha value is -3.60. The minimum absolute atomic E-state index is 0.00899. The zero-order valence-corrected chi connectivity index (χ0v) is 23.5. The lowest BCUT2D eigenvalue weighted by Gasteiger charge is -2.23. The van der Waals surface area contributed by atoms with Crippen molar-refractivity contribution in [3.05, 3.63) is 35.9 Å². The van der Waals surface area contributed by atoms with Gasteiger partial charge in [-0.3, -0.25) is 24.0 Å². The van der Waals surface area contributed by atoms with Crippen LogP contribution in [0.2, 0.25) is 0 Å². The molecular weight excluding hydrogens is 518 g/mol. The molecule has 1 aliphatic carbocycles. The van der Waals surface area contributed by atoms with Crippen LogP contribution in [-0.4, -0.2) is 73.7 Å². The molecule has 3 N–H and O–H groups in total. The summed E-state index contributed by atoms with van der Waals surface area (Å²) in [5.41, 5.74) is 0.762. The van der Waals surface area contributed by atoms with E-state index >= 15 is 0 Å². The summed E-state index contributed by atoms with van der Waals surface area (Å²) in [6.45, 7) is 3.84. The molecule has 0 spiro atoms. The highest BCUT2D eigenvalue weighted by molar-refractivity contribution is 6.38. The van der Waals surface area contributed by atoms with Crippen LogP contribution in [0.1, 0.15) is 64.4 Å². The zero-order valence-electron chi connectivity index (χ0n) is 23.5. The van der Waals surface area contributed by atoms with Gasteiger partial charge in [0.05, 0.1) is 6.61 Å². The fraction of sp³-hybridized carbons (Fsp3) is 0.586. The number of alkyl carbamates (subject to hydrolysis) is 1. The van der Waals surface area contributed by atoms with Crippen LogP contribution >= 0.6 is 0 Å². The van der Waals surface area contributed by atoms with Gasteiger partial charge in [-0.05, 0) is 30.7 Å². The van der Waals surface area contributed by atoms with E-state index < -0.39 is 35.8 Å². The molecule has 11 heteroatoms. The van der Waals surface area contributed by atoms with Crippen molar-refractivity contribution >= 4 is 35.3 Å². The Morgan fingerprint density at radius 2 is 1.48 bits per heavy atom. The Labute approximate surface area is 235 Å². The summed E-state index contributed by atoms with van der Waals surface area (Å²) in [4.78, 5) is 74.8. The summed E-state index contributed by atoms with van der Waals surface area (Å²) in [7, 11) is 1.49. The van der Waals surface area contributed by atoms with E-state index in [-0.39, 0.29) is 68.7 Å². The minimum Gasteiger partial charge on any atom is -0.449 e. The Balaban J connectivity index is 1.93. The first-order valence-corrected chi connectivity index (χ1v) is 13.7. The number of ketones is 3. The van der Waals surface area contributed by atoms with Crippen LogP contribution in [0.5, 0.6) is 0 Å². The van der Waals surface area contributed by atoms with Crippen LogP contribution in [0.3, 0.4) is 0 Å². The summed E-state index contributed by atoms with van der Waals surface area (Å²) in [5.74, 6) is -2.41. The molecule has 1 aromatic rings. The second-order valence-electron chi connectivity index (χ2n) is 10.4. The van der Waals surface area contributed by atoms with Crippen molar-refractivity contribution in [1.29, 1.82) is 0 Å². The Bertz CT molecular complexity index is 1020. The van der Waals surface area contributed by atoms with Crippen LogP contribution < -0.4 is 16.0 Å². The number of methoxy groups -OCH3 is 1. The largest absolute Gasteiger partial charge is 0.449 e. The van der Waals surface area contributed by atoms with Gasteiger partial charge in [-0.15, -0.1) is 0 Å². The second kappa shape index (κ2) is 17.2. The number of nitrogens with one attached hydrogen (secondary N) is 3. The van der Waals surface area contributed by atoms with Crippen LogP contribution in [-0.2, 0) is 39.9 Å². The van der Waals surface area contributed by atoms with E-state index in [1.807, 2.05) is 19.9 Å². The zero-order chi connectivity index (χ0) is 29.5. The molecule has 11 nitrogen and oxygen atoms in total. The van der Waals surface area contributed by atoms with Gasteiger partial charge in [0.1, 0.15) is 30.3 Å². The van der Waals surface area contributed by atoms with E-state index in [1.54, 1.807) is 24.3 Å². The van der Waals surface area contributed by atoms with E-state index in [0.717, 1.165) is 18.4 Å². The molecule has 0 aliphatic heterocycles. The number of amides is 3. The first-order valence-electron chi connectivity index (χ1n) is 13.7. The van der Waals surface area contributed by atoms with Gasteiger partial charge in [-0.25, -0.2) is 4.79 Å². The van der Waals surface area contributed by atoms with Crippen molar-refractivity contribution < 1.29 is 38.2 Å². The predicted octanol–water partition coefficient (Wildman–Crippen LogP) is 2.05. The predicted molar refractivity (Wildman–Crippen MR) is 146 cm³/mol. The fourth-order valence-corrected chi connectivity index (χ4v) is 3.86. The number of Topliss-reactive ketones (excluding diaryl/α,β-unsaturated/α-hetero) is 3. The summed E-state index contributed by atoms with van der Waals surface area (Å²) in [6.07, 6.45) is 1.44. The fourth-order valence-electron chi connectivity index (χ4n) is 3.86. The summed E-state index contributed by atoms with van der Waals surface area (Å²) in [5, 5.41) is 7.82. The molecule has 0 unspecified atom stereocenters. The normalized spacial score (nSPS) is 14.1. The molecule has 2 atom stereocenters. The molecule has 40 heavy (non-hydrogen) atoms. The third kappa shape index (κ3) is 13.0. The Morgan fingerprint density at radius 3 is 2.05 bits per heavy atom. The van der Waals surface area contributed by atoms with Crippen molar-refractivity contribution in [2.75, 3.05) is 20.3 Å². The maximum absolute atomic E-state index is 13.2. The average Bonchev–Trinajstić information content (AvgIpc) is 3.73. The number of ether oxygens (including phenoxy) is 2. The molecular formula is C29H41N3O8. The SMILES string of the molecule is COCCC(=O)CCC(=O)CCOC(=O)N[C@@H](CC(C)C)C(=O)N[C@@H](Cc1ccccc1)C(=O)C(=O)NC1CC1. The minimum atomic E-state index is -1.12. The van der Waals surface area contributed by atoms with E-state index in [2.05, 4.69) is 16.0 Å². The molecule has 0 heterocycles. The standard InChI is InChI=1S/C29H41N3O8/c1-19(2)17-25(32-29(38)40-16-14-23(34)12-11-22(33)13-15-39-3)27(36)31-24(18-20-7-5-4-6-8-20)26(35)28(37)30-21-9-10-21/h4-8,19,21,24-25H,9-18H2,1-3H3,(H,30,37)(H,31,36)(H,32,38)/t24-,25-/m0/s1. The molecule has 3 amide bonds. The number of carbonyl (C=O) groups is 6. The van der Waals surface area contributed by atoms with E-state index in [1.165, 1.54) is 7.11 Å². The number of hydrogen-bond donors (Lipinski definition) is 3. The second-order valence-corrected chi connectivity index (χ2v) is 10.4. The van der Waals surface area contributed by atoms with Gasteiger partial charge in [0.15, 0.2) is 0 Å². The third-order valence-electron chi connectivity index (χ3n) is 6.25. The van der Waals surface area contributed by atoms with Gasteiger partial charge in [-0.2, -0.15) is 0 Å². The first-order chi connectivity index (χ1) is 19.1. The molecule has 1 saturated carbocycles. The van der Waals surface area contributed by atoms with Crippen molar-refractivity contribution in [2.24, 2.45) is 5.92 Å². The highest BCUT2D eigenvalue weighted by atomic mass is 16.5. The van der Waals surface area contributed by atoms with Crippen LogP contribution in [0.4, 0.5) is 4.79 Å². The van der Waals surface area contributed by atoms with Crippen LogP contribution in [0, 0.1) is 5.92 Å². The molecule has 0 bridgehead atoms. The van der Waals surface area contributed by atoms with Gasteiger partial charge >= 0.3 is 6.09 Å². The van der Waals surface area contributed by atoms with Gasteiger partial charge < -0.3 is 25.4 Å². The lowest BCUT2D eigenvalue weighted by molar-refractivity contribution is -0.140. The van der Waals surface area contributed by atoms with Crippen molar-refractivity contribution in [3.8, 4) is 0 Å². The van der Waals surface area contributed by atoms with Gasteiger partial charge in [0.2, 0.25) is 11.7 Å². The lowest BCUT2D eigenvalue weighted by atomic mass is 9.99.